The van der Waals surface area contributed by atoms with Crippen LogP contribution in [0.1, 0.15) is 11.1 Å². The fourth-order valence-corrected chi connectivity index (χ4v) is 4.05. The first kappa shape index (κ1) is 15.9. The van der Waals surface area contributed by atoms with E-state index in [0.717, 1.165) is 0 Å². The average Bonchev–Trinajstić information content (AvgIpc) is 3.03. The summed E-state index contributed by atoms with van der Waals surface area (Å²) in [5.74, 6) is 0. The first-order valence-corrected chi connectivity index (χ1v) is 9.38. The number of aromatic nitrogens is 1. The molecule has 0 fully saturated rings. The number of fused-ring (bicyclic) bond motifs is 3. The minimum absolute atomic E-state index is 1.20. The number of hydrogen-bond acceptors (Lipinski definition) is 0. The van der Waals surface area contributed by atoms with Gasteiger partial charge in [0.25, 0.3) is 0 Å². The number of aryl methyl sites for hydroxylation is 2. The van der Waals surface area contributed by atoms with Crippen LogP contribution in [-0.4, -0.2) is 4.57 Å². The van der Waals surface area contributed by atoms with Crippen molar-refractivity contribution in [3.8, 4) is 16.8 Å². The molecule has 4 aromatic carbocycles. The summed E-state index contributed by atoms with van der Waals surface area (Å²) in [6.45, 7) is 4.36. The van der Waals surface area contributed by atoms with Crippen LogP contribution in [-0.2, 0) is 0 Å². The van der Waals surface area contributed by atoms with Gasteiger partial charge in [0.15, 0.2) is 0 Å². The van der Waals surface area contributed by atoms with E-state index in [0.29, 0.717) is 0 Å². The predicted molar refractivity (Wildman–Crippen MR) is 116 cm³/mol. The van der Waals surface area contributed by atoms with Crippen molar-refractivity contribution in [2.45, 2.75) is 13.8 Å². The van der Waals surface area contributed by atoms with E-state index in [4.69, 9.17) is 0 Å². The summed E-state index contributed by atoms with van der Waals surface area (Å²) >= 11 is 0. The molecule has 0 aliphatic heterocycles. The van der Waals surface area contributed by atoms with Gasteiger partial charge in [-0.15, -0.1) is 0 Å². The van der Waals surface area contributed by atoms with Crippen LogP contribution in [0.25, 0.3) is 38.6 Å². The van der Waals surface area contributed by atoms with E-state index in [1.165, 1.54) is 49.7 Å². The summed E-state index contributed by atoms with van der Waals surface area (Å²) in [5.41, 5.74) is 8.84. The molecule has 1 nitrogen and oxygen atoms in total. The van der Waals surface area contributed by atoms with Crippen molar-refractivity contribution in [1.29, 1.82) is 0 Å². The lowest BCUT2D eigenvalue weighted by Crippen LogP contribution is -1.95. The third-order valence-corrected chi connectivity index (χ3v) is 5.38. The zero-order valence-corrected chi connectivity index (χ0v) is 15.6. The van der Waals surface area contributed by atoms with Gasteiger partial charge in [0.05, 0.1) is 11.0 Å². The molecule has 1 heterocycles. The lowest BCUT2D eigenvalue weighted by Gasteiger charge is -2.11. The SMILES string of the molecule is Cc1ccc2c3cccc(C)c3n(-c3ccc(-c4ccccc4)cc3)c2c1. The van der Waals surface area contributed by atoms with E-state index >= 15 is 0 Å². The normalized spacial score (nSPS) is 11.3. The zero-order chi connectivity index (χ0) is 18.4. The number of rotatable bonds is 2. The van der Waals surface area contributed by atoms with E-state index in [9.17, 15) is 0 Å². The molecule has 1 heteroatoms. The number of benzene rings is 4. The lowest BCUT2D eigenvalue weighted by molar-refractivity contribution is 1.17. The molecule has 0 amide bonds. The molecular weight excluding hydrogens is 326 g/mol. The Labute approximate surface area is 159 Å². The second-order valence-corrected chi connectivity index (χ2v) is 7.24. The van der Waals surface area contributed by atoms with Gasteiger partial charge in [0.1, 0.15) is 0 Å². The lowest BCUT2D eigenvalue weighted by atomic mass is 10.1. The van der Waals surface area contributed by atoms with Crippen LogP contribution in [0.2, 0.25) is 0 Å². The number of nitrogens with zero attached hydrogens (tertiary/aromatic N) is 1. The Morgan fingerprint density at radius 3 is 2.11 bits per heavy atom. The summed E-state index contributed by atoms with van der Waals surface area (Å²) in [4.78, 5) is 0. The Morgan fingerprint density at radius 2 is 1.33 bits per heavy atom. The Hall–Kier alpha value is -3.32. The molecule has 5 rings (SSSR count). The molecular formula is C26H21N. The molecule has 5 aromatic rings. The Balaban J connectivity index is 1.78. The van der Waals surface area contributed by atoms with Crippen molar-refractivity contribution in [3.63, 3.8) is 0 Å². The van der Waals surface area contributed by atoms with Gasteiger partial charge in [0, 0.05) is 16.5 Å². The molecule has 0 atom stereocenters. The maximum Gasteiger partial charge on any atom is 0.0570 e. The van der Waals surface area contributed by atoms with Gasteiger partial charge in [-0.25, -0.2) is 0 Å². The van der Waals surface area contributed by atoms with Crippen LogP contribution in [0, 0.1) is 13.8 Å². The van der Waals surface area contributed by atoms with Crippen LogP contribution in [0.3, 0.4) is 0 Å². The molecule has 27 heavy (non-hydrogen) atoms. The molecule has 0 aliphatic carbocycles. The zero-order valence-electron chi connectivity index (χ0n) is 15.6. The minimum Gasteiger partial charge on any atom is -0.309 e. The smallest absolute Gasteiger partial charge is 0.0570 e. The fraction of sp³-hybridized carbons (Fsp3) is 0.0769. The summed E-state index contributed by atoms with van der Waals surface area (Å²) in [5, 5.41) is 2.63. The van der Waals surface area contributed by atoms with Gasteiger partial charge in [0.2, 0.25) is 0 Å². The highest BCUT2D eigenvalue weighted by atomic mass is 15.0. The molecule has 130 valence electrons. The van der Waals surface area contributed by atoms with E-state index in [1.54, 1.807) is 0 Å². The Kier molecular flexibility index (Phi) is 3.61. The maximum absolute atomic E-state index is 2.40. The first-order valence-electron chi connectivity index (χ1n) is 9.38. The van der Waals surface area contributed by atoms with Gasteiger partial charge >= 0.3 is 0 Å². The maximum atomic E-state index is 2.40. The van der Waals surface area contributed by atoms with Crippen molar-refractivity contribution >= 4 is 21.8 Å². The van der Waals surface area contributed by atoms with Crippen LogP contribution in [0.5, 0.6) is 0 Å². The standard InChI is InChI=1S/C26H21N/c1-18-11-16-23-24-10-6-7-19(2)26(24)27(25(23)17-18)22-14-12-21(13-15-22)20-8-4-3-5-9-20/h3-17H,1-2H3. The summed E-state index contributed by atoms with van der Waals surface area (Å²) < 4.78 is 2.40. The van der Waals surface area contributed by atoms with Crippen LogP contribution in [0.15, 0.2) is 91.0 Å². The average molecular weight is 347 g/mol. The summed E-state index contributed by atoms with van der Waals surface area (Å²) in [7, 11) is 0. The van der Waals surface area contributed by atoms with Gasteiger partial charge in [-0.05, 0) is 54.3 Å². The fourth-order valence-electron chi connectivity index (χ4n) is 4.05. The third-order valence-electron chi connectivity index (χ3n) is 5.38. The number of hydrogen-bond donors (Lipinski definition) is 0. The van der Waals surface area contributed by atoms with Crippen LogP contribution >= 0.6 is 0 Å². The molecule has 1 aromatic heterocycles. The quantitative estimate of drug-likeness (QED) is 0.322. The Bertz CT molecular complexity index is 1260. The van der Waals surface area contributed by atoms with E-state index in [1.807, 2.05) is 0 Å². The molecule has 0 bridgehead atoms. The first-order chi connectivity index (χ1) is 13.2. The number of para-hydroxylation sites is 1. The second kappa shape index (κ2) is 6.14. The topological polar surface area (TPSA) is 4.93 Å². The van der Waals surface area contributed by atoms with Crippen LogP contribution in [0.4, 0.5) is 0 Å². The van der Waals surface area contributed by atoms with Crippen molar-refractivity contribution < 1.29 is 0 Å². The van der Waals surface area contributed by atoms with E-state index in [2.05, 4.69) is 109 Å². The summed E-state index contributed by atoms with van der Waals surface area (Å²) in [6, 6.07) is 32.8. The van der Waals surface area contributed by atoms with Crippen molar-refractivity contribution in [2.24, 2.45) is 0 Å². The predicted octanol–water partition coefficient (Wildman–Crippen LogP) is 7.07. The van der Waals surface area contributed by atoms with Crippen molar-refractivity contribution in [3.05, 3.63) is 102 Å². The highest BCUT2D eigenvalue weighted by Crippen LogP contribution is 2.34. The minimum atomic E-state index is 1.20. The second-order valence-electron chi connectivity index (χ2n) is 7.24. The molecule has 0 radical (unpaired) electrons. The molecule has 0 spiro atoms. The monoisotopic (exact) mass is 347 g/mol. The highest BCUT2D eigenvalue weighted by molar-refractivity contribution is 6.10. The molecule has 0 unspecified atom stereocenters. The third kappa shape index (κ3) is 2.55. The van der Waals surface area contributed by atoms with Gasteiger partial charge in [-0.1, -0.05) is 72.8 Å². The van der Waals surface area contributed by atoms with Crippen LogP contribution < -0.4 is 0 Å². The van der Waals surface area contributed by atoms with Gasteiger partial charge < -0.3 is 4.57 Å². The molecule has 0 N–H and O–H groups in total. The molecule has 0 saturated heterocycles. The Morgan fingerprint density at radius 1 is 0.593 bits per heavy atom. The van der Waals surface area contributed by atoms with Crippen molar-refractivity contribution in [1.82, 2.24) is 4.57 Å². The largest absolute Gasteiger partial charge is 0.309 e. The van der Waals surface area contributed by atoms with Gasteiger partial charge in [-0.3, -0.25) is 0 Å². The van der Waals surface area contributed by atoms with E-state index < -0.39 is 0 Å². The van der Waals surface area contributed by atoms with Crippen molar-refractivity contribution in [2.75, 3.05) is 0 Å². The van der Waals surface area contributed by atoms with Gasteiger partial charge in [-0.2, -0.15) is 0 Å². The highest BCUT2D eigenvalue weighted by Gasteiger charge is 2.14. The van der Waals surface area contributed by atoms with E-state index in [-0.39, 0.29) is 0 Å². The molecule has 0 aliphatic rings. The molecule has 0 saturated carbocycles. The summed E-state index contributed by atoms with van der Waals surface area (Å²) in [6.07, 6.45) is 0.